The summed E-state index contributed by atoms with van der Waals surface area (Å²) in [5.41, 5.74) is 1.40. The van der Waals surface area contributed by atoms with E-state index in [0.29, 0.717) is 17.3 Å². The summed E-state index contributed by atoms with van der Waals surface area (Å²) >= 11 is 0. The molecule has 1 aromatic carbocycles. The van der Waals surface area contributed by atoms with Gasteiger partial charge in [0, 0.05) is 11.6 Å². The highest BCUT2D eigenvalue weighted by Gasteiger charge is 2.39. The molecule has 1 atom stereocenters. The number of pyridine rings is 1. The summed E-state index contributed by atoms with van der Waals surface area (Å²) in [5.74, 6) is -0.594. The largest absolute Gasteiger partial charge is 0.360 e. The molecule has 2 aromatic rings. The topological polar surface area (TPSA) is 96.1 Å². The number of nitrogens with one attached hydrogen (secondary N) is 2. The maximum absolute atomic E-state index is 12.7. The fourth-order valence-electron chi connectivity index (χ4n) is 3.31. The van der Waals surface area contributed by atoms with Crippen LogP contribution in [0.25, 0.3) is 10.9 Å². The Balaban J connectivity index is 2.00. The zero-order chi connectivity index (χ0) is 17.7. The van der Waals surface area contributed by atoms with E-state index in [1.165, 1.54) is 6.20 Å². The quantitative estimate of drug-likeness (QED) is 0.858. The van der Waals surface area contributed by atoms with E-state index in [1.807, 2.05) is 19.9 Å². The normalized spacial score (nSPS) is 22.6. The van der Waals surface area contributed by atoms with Crippen molar-refractivity contribution in [1.82, 2.24) is 10.3 Å². The number of hydrogen-bond donors (Lipinski definition) is 2. The number of carbonyl (C=O) groups is 1. The van der Waals surface area contributed by atoms with Crippen molar-refractivity contribution < 1.29 is 13.2 Å². The Labute approximate surface area is 140 Å². The molecule has 2 heterocycles. The van der Waals surface area contributed by atoms with Crippen molar-refractivity contribution in [2.24, 2.45) is 0 Å². The van der Waals surface area contributed by atoms with E-state index in [4.69, 9.17) is 0 Å². The monoisotopic (exact) mass is 348 g/mol. The van der Waals surface area contributed by atoms with Crippen LogP contribution in [-0.4, -0.2) is 36.4 Å². The van der Waals surface area contributed by atoms with Gasteiger partial charge < -0.3 is 10.3 Å². The smallest absolute Gasteiger partial charge is 0.257 e. The van der Waals surface area contributed by atoms with E-state index in [0.717, 1.165) is 11.1 Å². The minimum Gasteiger partial charge on any atom is -0.360 e. The molecule has 0 radical (unpaired) electrons. The van der Waals surface area contributed by atoms with Crippen LogP contribution in [0.2, 0.25) is 0 Å². The molecule has 1 aliphatic rings. The first-order valence-electron chi connectivity index (χ1n) is 7.76. The van der Waals surface area contributed by atoms with Gasteiger partial charge >= 0.3 is 0 Å². The van der Waals surface area contributed by atoms with Crippen LogP contribution in [-0.2, 0) is 9.84 Å². The van der Waals surface area contributed by atoms with E-state index in [1.54, 1.807) is 13.0 Å². The van der Waals surface area contributed by atoms with Crippen LogP contribution in [0.15, 0.2) is 23.1 Å². The van der Waals surface area contributed by atoms with Gasteiger partial charge in [-0.2, -0.15) is 0 Å². The van der Waals surface area contributed by atoms with E-state index in [9.17, 15) is 18.0 Å². The van der Waals surface area contributed by atoms with Gasteiger partial charge in [-0.15, -0.1) is 0 Å². The van der Waals surface area contributed by atoms with Crippen molar-refractivity contribution in [3.63, 3.8) is 0 Å². The summed E-state index contributed by atoms with van der Waals surface area (Å²) in [7, 11) is -3.14. The van der Waals surface area contributed by atoms with Crippen LogP contribution in [0.3, 0.4) is 0 Å². The standard InChI is InChI=1S/C17H20N2O4S/c1-10-6-11(2)14-12(7-10)15(20)13(8-18-14)16(21)19-17(3)4-5-24(22,23)9-17/h6-8H,4-5,9H2,1-3H3,(H,18,20)(H,19,21). The van der Waals surface area contributed by atoms with Gasteiger partial charge in [0.2, 0.25) is 5.43 Å². The summed E-state index contributed by atoms with van der Waals surface area (Å²) in [6.07, 6.45) is 1.75. The van der Waals surface area contributed by atoms with Gasteiger partial charge in [0.25, 0.3) is 5.91 Å². The third-order valence-corrected chi connectivity index (χ3v) is 6.40. The number of carbonyl (C=O) groups excluding carboxylic acids is 1. The molecule has 128 valence electrons. The highest BCUT2D eigenvalue weighted by molar-refractivity contribution is 7.91. The molecule has 0 aliphatic carbocycles. The Morgan fingerprint density at radius 3 is 2.62 bits per heavy atom. The Morgan fingerprint density at radius 1 is 1.29 bits per heavy atom. The predicted octanol–water partition coefficient (Wildman–Crippen LogP) is 1.45. The van der Waals surface area contributed by atoms with E-state index in [2.05, 4.69) is 10.3 Å². The molecule has 2 N–H and O–H groups in total. The summed E-state index contributed by atoms with van der Waals surface area (Å²) in [6.45, 7) is 5.48. The molecule has 24 heavy (non-hydrogen) atoms. The maximum Gasteiger partial charge on any atom is 0.257 e. The first-order valence-corrected chi connectivity index (χ1v) is 9.58. The van der Waals surface area contributed by atoms with Gasteiger partial charge in [-0.25, -0.2) is 8.42 Å². The van der Waals surface area contributed by atoms with Crippen LogP contribution in [0, 0.1) is 13.8 Å². The molecule has 1 unspecified atom stereocenters. The number of hydrogen-bond acceptors (Lipinski definition) is 4. The number of benzene rings is 1. The van der Waals surface area contributed by atoms with Gasteiger partial charge in [-0.05, 0) is 44.4 Å². The van der Waals surface area contributed by atoms with Gasteiger partial charge in [0.1, 0.15) is 5.56 Å². The Bertz CT molecular complexity index is 1010. The van der Waals surface area contributed by atoms with Crippen molar-refractivity contribution in [1.29, 1.82) is 0 Å². The van der Waals surface area contributed by atoms with Crippen molar-refractivity contribution in [3.8, 4) is 0 Å². The minimum absolute atomic E-state index is 0.00183. The maximum atomic E-state index is 12.7. The SMILES string of the molecule is Cc1cc(C)c2[nH]cc(C(=O)NC3(C)CCS(=O)(=O)C3)c(=O)c2c1. The molecule has 1 amide bonds. The number of aryl methyl sites for hydroxylation is 2. The molecule has 1 saturated heterocycles. The second-order valence-electron chi connectivity index (χ2n) is 6.89. The van der Waals surface area contributed by atoms with Gasteiger partial charge in [-0.1, -0.05) is 6.07 Å². The summed E-state index contributed by atoms with van der Waals surface area (Å²) in [5, 5.41) is 3.19. The molecule has 7 heteroatoms. The second-order valence-corrected chi connectivity index (χ2v) is 9.08. The zero-order valence-electron chi connectivity index (χ0n) is 13.9. The molecular formula is C17H20N2O4S. The van der Waals surface area contributed by atoms with Gasteiger partial charge in [0.05, 0.1) is 22.6 Å². The van der Waals surface area contributed by atoms with E-state index in [-0.39, 0.29) is 22.5 Å². The molecule has 0 spiro atoms. The molecule has 6 nitrogen and oxygen atoms in total. The Morgan fingerprint density at radius 2 is 2.00 bits per heavy atom. The predicted molar refractivity (Wildman–Crippen MR) is 93.2 cm³/mol. The van der Waals surface area contributed by atoms with Crippen molar-refractivity contribution in [3.05, 3.63) is 45.2 Å². The summed E-state index contributed by atoms with van der Waals surface area (Å²) < 4.78 is 23.3. The number of H-pyrrole nitrogens is 1. The van der Waals surface area contributed by atoms with Crippen LogP contribution >= 0.6 is 0 Å². The minimum atomic E-state index is -3.14. The van der Waals surface area contributed by atoms with E-state index < -0.39 is 21.3 Å². The fraction of sp³-hybridized carbons (Fsp3) is 0.412. The first-order chi connectivity index (χ1) is 11.1. The van der Waals surface area contributed by atoms with Crippen LogP contribution in [0.5, 0.6) is 0 Å². The molecule has 0 bridgehead atoms. The number of rotatable bonds is 2. The Kier molecular flexibility index (Phi) is 3.79. The molecule has 1 aromatic heterocycles. The van der Waals surface area contributed by atoms with Crippen LogP contribution in [0.1, 0.15) is 34.8 Å². The molecule has 3 rings (SSSR count). The lowest BCUT2D eigenvalue weighted by molar-refractivity contribution is 0.0914. The fourth-order valence-corrected chi connectivity index (χ4v) is 5.41. The van der Waals surface area contributed by atoms with Crippen molar-refractivity contribution in [2.75, 3.05) is 11.5 Å². The average molecular weight is 348 g/mol. The summed E-state index contributed by atoms with van der Waals surface area (Å²) in [4.78, 5) is 28.2. The third kappa shape index (κ3) is 2.96. The molecular weight excluding hydrogens is 328 g/mol. The number of amides is 1. The highest BCUT2D eigenvalue weighted by atomic mass is 32.2. The number of aromatic amines is 1. The lowest BCUT2D eigenvalue weighted by atomic mass is 10.0. The third-order valence-electron chi connectivity index (χ3n) is 4.49. The van der Waals surface area contributed by atoms with Crippen molar-refractivity contribution >= 4 is 26.6 Å². The first kappa shape index (κ1) is 16.7. The number of aromatic nitrogens is 1. The van der Waals surface area contributed by atoms with Gasteiger partial charge in [-0.3, -0.25) is 9.59 Å². The molecule has 0 saturated carbocycles. The highest BCUT2D eigenvalue weighted by Crippen LogP contribution is 2.23. The molecule has 1 fully saturated rings. The number of sulfone groups is 1. The average Bonchev–Trinajstić information content (AvgIpc) is 2.73. The Hall–Kier alpha value is -2.15. The second kappa shape index (κ2) is 5.44. The molecule has 1 aliphatic heterocycles. The van der Waals surface area contributed by atoms with Gasteiger partial charge in [0.15, 0.2) is 9.84 Å². The lowest BCUT2D eigenvalue weighted by Gasteiger charge is -2.23. The van der Waals surface area contributed by atoms with Crippen LogP contribution < -0.4 is 10.7 Å². The van der Waals surface area contributed by atoms with Crippen LogP contribution in [0.4, 0.5) is 0 Å². The van der Waals surface area contributed by atoms with E-state index >= 15 is 0 Å². The summed E-state index contributed by atoms with van der Waals surface area (Å²) in [6, 6.07) is 3.71. The lowest BCUT2D eigenvalue weighted by Crippen LogP contribution is -2.48. The number of fused-ring (bicyclic) bond motifs is 1. The zero-order valence-corrected chi connectivity index (χ0v) is 14.7. The van der Waals surface area contributed by atoms with Crippen molar-refractivity contribution in [2.45, 2.75) is 32.7 Å².